The smallest absolute Gasteiger partial charge is 0.325 e. The Morgan fingerprint density at radius 2 is 1.93 bits per heavy atom. The Labute approximate surface area is 177 Å². The predicted molar refractivity (Wildman–Crippen MR) is 111 cm³/mol. The van der Waals surface area contributed by atoms with Crippen LogP contribution in [0.25, 0.3) is 0 Å². The Kier molecular flexibility index (Phi) is 6.53. The van der Waals surface area contributed by atoms with Gasteiger partial charge in [-0.2, -0.15) is 0 Å². The number of nitrogens with zero attached hydrogens (tertiary/aromatic N) is 1. The number of ether oxygens (including phenoxy) is 2. The first-order chi connectivity index (χ1) is 14.3. The Morgan fingerprint density at radius 1 is 1.23 bits per heavy atom. The number of imide groups is 1. The molecule has 1 saturated heterocycles. The highest BCUT2D eigenvalue weighted by atomic mass is 16.5. The summed E-state index contributed by atoms with van der Waals surface area (Å²) < 4.78 is 10.6. The highest BCUT2D eigenvalue weighted by molar-refractivity contribution is 6.06. The SMILES string of the molecule is COc1ccc(OC)c([C@@H](C)NC(=O)CN2C(=O)N[C@@H](C3(C)CCCCC3)C2=O)c1. The quantitative estimate of drug-likeness (QED) is 0.665. The maximum absolute atomic E-state index is 12.9. The third-order valence-corrected chi connectivity index (χ3v) is 6.30. The van der Waals surface area contributed by atoms with Crippen molar-refractivity contribution in [2.24, 2.45) is 5.41 Å². The molecule has 1 aliphatic carbocycles. The summed E-state index contributed by atoms with van der Waals surface area (Å²) in [5.41, 5.74) is 0.493. The van der Waals surface area contributed by atoms with Gasteiger partial charge in [0.2, 0.25) is 5.91 Å². The Hall–Kier alpha value is -2.77. The van der Waals surface area contributed by atoms with Crippen LogP contribution in [-0.4, -0.2) is 49.6 Å². The van der Waals surface area contributed by atoms with Gasteiger partial charge in [-0.25, -0.2) is 4.79 Å². The second kappa shape index (κ2) is 8.93. The Balaban J connectivity index is 1.66. The van der Waals surface area contributed by atoms with Crippen molar-refractivity contribution in [3.8, 4) is 11.5 Å². The van der Waals surface area contributed by atoms with Crippen LogP contribution in [0.15, 0.2) is 18.2 Å². The molecular formula is C22H31N3O5. The molecule has 2 atom stereocenters. The molecule has 8 nitrogen and oxygen atoms in total. The van der Waals surface area contributed by atoms with Crippen molar-refractivity contribution in [3.63, 3.8) is 0 Å². The van der Waals surface area contributed by atoms with E-state index >= 15 is 0 Å². The fraction of sp³-hybridized carbons (Fsp3) is 0.591. The molecule has 1 heterocycles. The van der Waals surface area contributed by atoms with Gasteiger partial charge in [0.05, 0.1) is 20.3 Å². The largest absolute Gasteiger partial charge is 0.497 e. The Bertz CT molecular complexity index is 819. The van der Waals surface area contributed by atoms with Crippen LogP contribution in [0.2, 0.25) is 0 Å². The average Bonchev–Trinajstić information content (AvgIpc) is 3.02. The van der Waals surface area contributed by atoms with Gasteiger partial charge in [0.15, 0.2) is 0 Å². The van der Waals surface area contributed by atoms with Crippen molar-refractivity contribution in [1.82, 2.24) is 15.5 Å². The van der Waals surface area contributed by atoms with Gasteiger partial charge in [0.1, 0.15) is 24.1 Å². The van der Waals surface area contributed by atoms with E-state index in [1.54, 1.807) is 32.4 Å². The van der Waals surface area contributed by atoms with Gasteiger partial charge in [0, 0.05) is 5.56 Å². The lowest BCUT2D eigenvalue weighted by molar-refractivity contribution is -0.134. The molecule has 1 aliphatic heterocycles. The third kappa shape index (κ3) is 4.37. The summed E-state index contributed by atoms with van der Waals surface area (Å²) in [6, 6.07) is 3.87. The number of methoxy groups -OCH3 is 2. The molecule has 0 radical (unpaired) electrons. The molecule has 2 N–H and O–H groups in total. The summed E-state index contributed by atoms with van der Waals surface area (Å²) in [6.07, 6.45) is 5.06. The minimum absolute atomic E-state index is 0.253. The number of carbonyl (C=O) groups excluding carboxylic acids is 3. The van der Waals surface area contributed by atoms with E-state index in [2.05, 4.69) is 17.6 Å². The molecule has 30 heavy (non-hydrogen) atoms. The molecule has 0 bridgehead atoms. The number of benzene rings is 1. The molecule has 8 heteroatoms. The number of urea groups is 1. The molecule has 1 saturated carbocycles. The summed E-state index contributed by atoms with van der Waals surface area (Å²) in [4.78, 5) is 39.0. The second-order valence-corrected chi connectivity index (χ2v) is 8.42. The van der Waals surface area contributed by atoms with Crippen LogP contribution in [0.5, 0.6) is 11.5 Å². The lowest BCUT2D eigenvalue weighted by atomic mass is 9.70. The van der Waals surface area contributed by atoms with Gasteiger partial charge in [-0.1, -0.05) is 26.2 Å². The molecule has 0 spiro atoms. The maximum Gasteiger partial charge on any atom is 0.325 e. The Morgan fingerprint density at radius 3 is 2.57 bits per heavy atom. The number of nitrogens with one attached hydrogen (secondary N) is 2. The van der Waals surface area contributed by atoms with Crippen LogP contribution < -0.4 is 20.1 Å². The van der Waals surface area contributed by atoms with Crippen LogP contribution in [0.3, 0.4) is 0 Å². The van der Waals surface area contributed by atoms with Crippen LogP contribution in [0.1, 0.15) is 57.6 Å². The third-order valence-electron chi connectivity index (χ3n) is 6.30. The van der Waals surface area contributed by atoms with Gasteiger partial charge < -0.3 is 20.1 Å². The fourth-order valence-electron chi connectivity index (χ4n) is 4.48. The topological polar surface area (TPSA) is 97.0 Å². The second-order valence-electron chi connectivity index (χ2n) is 8.42. The predicted octanol–water partition coefficient (Wildman–Crippen LogP) is 2.77. The molecule has 3 rings (SSSR count). The number of hydrogen-bond donors (Lipinski definition) is 2. The van der Waals surface area contributed by atoms with E-state index in [1.807, 2.05) is 6.92 Å². The normalized spacial score (nSPS) is 21.7. The fourth-order valence-corrected chi connectivity index (χ4v) is 4.48. The summed E-state index contributed by atoms with van der Waals surface area (Å²) in [6.45, 7) is 3.55. The maximum atomic E-state index is 12.9. The first-order valence-electron chi connectivity index (χ1n) is 10.4. The van der Waals surface area contributed by atoms with E-state index in [0.717, 1.165) is 42.6 Å². The number of carbonyl (C=O) groups is 3. The average molecular weight is 418 g/mol. The highest BCUT2D eigenvalue weighted by Gasteiger charge is 2.49. The zero-order chi connectivity index (χ0) is 21.9. The number of amides is 4. The minimum Gasteiger partial charge on any atom is -0.497 e. The molecule has 0 aromatic heterocycles. The van der Waals surface area contributed by atoms with E-state index in [9.17, 15) is 14.4 Å². The monoisotopic (exact) mass is 417 g/mol. The van der Waals surface area contributed by atoms with Gasteiger partial charge in [-0.3, -0.25) is 14.5 Å². The van der Waals surface area contributed by atoms with E-state index in [0.29, 0.717) is 11.5 Å². The lowest BCUT2D eigenvalue weighted by Gasteiger charge is -2.37. The number of rotatable bonds is 7. The van der Waals surface area contributed by atoms with E-state index in [4.69, 9.17) is 9.47 Å². The summed E-state index contributed by atoms with van der Waals surface area (Å²) in [7, 11) is 3.12. The summed E-state index contributed by atoms with van der Waals surface area (Å²) >= 11 is 0. The van der Waals surface area contributed by atoms with Crippen LogP contribution in [0.4, 0.5) is 4.79 Å². The standard InChI is InChI=1S/C22H31N3O5/c1-14(16-12-15(29-3)8-9-17(16)30-4)23-18(26)13-25-20(27)19(24-21(25)28)22(2)10-6-5-7-11-22/h8-9,12,14,19H,5-7,10-11,13H2,1-4H3,(H,23,26)(H,24,28)/t14-,19-/m1/s1. The minimum atomic E-state index is -0.561. The van der Waals surface area contributed by atoms with Crippen molar-refractivity contribution < 1.29 is 23.9 Å². The molecule has 0 unspecified atom stereocenters. The lowest BCUT2D eigenvalue weighted by Crippen LogP contribution is -2.46. The molecule has 2 fully saturated rings. The van der Waals surface area contributed by atoms with E-state index in [1.165, 1.54) is 0 Å². The number of hydrogen-bond acceptors (Lipinski definition) is 5. The zero-order valence-electron chi connectivity index (χ0n) is 18.1. The first kappa shape index (κ1) is 21.9. The molecule has 164 valence electrons. The van der Waals surface area contributed by atoms with Crippen LogP contribution >= 0.6 is 0 Å². The van der Waals surface area contributed by atoms with Crippen molar-refractivity contribution in [1.29, 1.82) is 0 Å². The first-order valence-corrected chi connectivity index (χ1v) is 10.4. The van der Waals surface area contributed by atoms with Crippen molar-refractivity contribution >= 4 is 17.8 Å². The zero-order valence-corrected chi connectivity index (χ0v) is 18.1. The van der Waals surface area contributed by atoms with Gasteiger partial charge in [0.25, 0.3) is 5.91 Å². The molecule has 1 aromatic rings. The van der Waals surface area contributed by atoms with Crippen LogP contribution in [0, 0.1) is 5.41 Å². The van der Waals surface area contributed by atoms with Crippen molar-refractivity contribution in [2.45, 2.75) is 58.0 Å². The molecule has 4 amide bonds. The van der Waals surface area contributed by atoms with Crippen LogP contribution in [-0.2, 0) is 9.59 Å². The summed E-state index contributed by atoms with van der Waals surface area (Å²) in [5.74, 6) is 0.532. The van der Waals surface area contributed by atoms with Crippen molar-refractivity contribution in [2.75, 3.05) is 20.8 Å². The summed E-state index contributed by atoms with van der Waals surface area (Å²) in [5, 5.41) is 5.65. The van der Waals surface area contributed by atoms with E-state index in [-0.39, 0.29) is 17.9 Å². The van der Waals surface area contributed by atoms with Crippen molar-refractivity contribution in [3.05, 3.63) is 23.8 Å². The van der Waals surface area contributed by atoms with E-state index < -0.39 is 24.0 Å². The van der Waals surface area contributed by atoms with Gasteiger partial charge in [-0.15, -0.1) is 0 Å². The van der Waals surface area contributed by atoms with Gasteiger partial charge >= 0.3 is 6.03 Å². The highest BCUT2D eigenvalue weighted by Crippen LogP contribution is 2.40. The molecule has 1 aromatic carbocycles. The molecular weight excluding hydrogens is 386 g/mol. The van der Waals surface area contributed by atoms with Gasteiger partial charge in [-0.05, 0) is 43.4 Å². The molecule has 2 aliphatic rings.